The normalized spacial score (nSPS) is 13.1. The summed E-state index contributed by atoms with van der Waals surface area (Å²) in [5, 5.41) is 9.22. The summed E-state index contributed by atoms with van der Waals surface area (Å²) in [4.78, 5) is 1.09. The van der Waals surface area contributed by atoms with Gasteiger partial charge in [0.1, 0.15) is 5.69 Å². The summed E-state index contributed by atoms with van der Waals surface area (Å²) in [7, 11) is 0. The van der Waals surface area contributed by atoms with E-state index in [9.17, 15) is 0 Å². The lowest BCUT2D eigenvalue weighted by molar-refractivity contribution is 0.393. The van der Waals surface area contributed by atoms with Crippen molar-refractivity contribution >= 4 is 22.9 Å². The van der Waals surface area contributed by atoms with Crippen molar-refractivity contribution in [1.82, 2.24) is 10.4 Å². The van der Waals surface area contributed by atoms with Crippen LogP contribution in [0.5, 0.6) is 0 Å². The van der Waals surface area contributed by atoms with Crippen LogP contribution in [0.4, 0.5) is 0 Å². The fraction of sp³-hybridized carbons (Fsp3) is 0.250. The number of hydrogen-bond donors (Lipinski definition) is 0. The summed E-state index contributed by atoms with van der Waals surface area (Å²) in [6.07, 6.45) is 1.52. The molecule has 0 aliphatic heterocycles. The molecule has 0 aromatic carbocycles. The number of aromatic nitrogens is 2. The third-order valence-electron chi connectivity index (χ3n) is 1.69. The fourth-order valence-electron chi connectivity index (χ4n) is 1.12. The molecule has 2 aromatic rings. The van der Waals surface area contributed by atoms with E-state index < -0.39 is 0 Å². The van der Waals surface area contributed by atoms with Crippen LogP contribution in [0.2, 0.25) is 0 Å². The van der Waals surface area contributed by atoms with Gasteiger partial charge in [0.15, 0.2) is 6.26 Å². The topological polar surface area (TPSA) is 38.9 Å². The first-order valence-electron chi connectivity index (χ1n) is 3.78. The first-order valence-corrected chi connectivity index (χ1v) is 5.09. The average Bonchev–Trinajstić information content (AvgIpc) is 2.74. The molecule has 2 heterocycles. The van der Waals surface area contributed by atoms with Gasteiger partial charge in [0.25, 0.3) is 0 Å². The molecule has 1 unspecified atom stereocenters. The number of halogens is 1. The zero-order valence-electron chi connectivity index (χ0n) is 6.90. The maximum absolute atomic E-state index is 6.00. The Labute approximate surface area is 84.3 Å². The predicted octanol–water partition coefficient (Wildman–Crippen LogP) is 3.10. The minimum Gasteiger partial charge on any atom is -0.345 e. The van der Waals surface area contributed by atoms with Gasteiger partial charge in [0.2, 0.25) is 0 Å². The lowest BCUT2D eigenvalue weighted by atomic mass is 10.2. The van der Waals surface area contributed by atoms with E-state index in [0.29, 0.717) is 0 Å². The van der Waals surface area contributed by atoms with E-state index in [1.165, 1.54) is 6.26 Å². The summed E-state index contributed by atoms with van der Waals surface area (Å²) in [5.74, 6) is 0. The molecule has 2 rings (SSSR count). The Bertz CT molecular complexity index is 383. The molecule has 0 saturated heterocycles. The predicted molar refractivity (Wildman–Crippen MR) is 51.9 cm³/mol. The van der Waals surface area contributed by atoms with Gasteiger partial charge in [-0.2, -0.15) is 0 Å². The molecule has 1 atom stereocenters. The highest BCUT2D eigenvalue weighted by Gasteiger charge is 2.13. The van der Waals surface area contributed by atoms with Crippen LogP contribution in [0.1, 0.15) is 17.2 Å². The molecule has 68 valence electrons. The van der Waals surface area contributed by atoms with Crippen LogP contribution in [-0.4, -0.2) is 10.4 Å². The Morgan fingerprint density at radius 2 is 2.46 bits per heavy atom. The van der Waals surface area contributed by atoms with Gasteiger partial charge in [-0.1, -0.05) is 0 Å². The number of hydrogen-bond acceptors (Lipinski definition) is 4. The molecule has 13 heavy (non-hydrogen) atoms. The molecule has 0 aliphatic carbocycles. The highest BCUT2D eigenvalue weighted by Crippen LogP contribution is 2.34. The van der Waals surface area contributed by atoms with Crippen molar-refractivity contribution in [3.63, 3.8) is 0 Å². The van der Waals surface area contributed by atoms with Gasteiger partial charge in [-0.3, -0.25) is 0 Å². The maximum atomic E-state index is 6.00. The van der Waals surface area contributed by atoms with E-state index in [4.69, 9.17) is 11.6 Å². The van der Waals surface area contributed by atoms with Crippen LogP contribution >= 0.6 is 22.9 Å². The van der Waals surface area contributed by atoms with E-state index in [0.717, 1.165) is 16.1 Å². The Kier molecular flexibility index (Phi) is 2.33. The number of nitrogens with zero attached hydrogens (tertiary/aromatic N) is 2. The monoisotopic (exact) mass is 214 g/mol. The molecule has 0 bridgehead atoms. The zero-order chi connectivity index (χ0) is 9.26. The number of alkyl halides is 1. The van der Waals surface area contributed by atoms with Crippen LogP contribution in [0.15, 0.2) is 22.2 Å². The van der Waals surface area contributed by atoms with Crippen molar-refractivity contribution in [3.05, 3.63) is 22.6 Å². The summed E-state index contributed by atoms with van der Waals surface area (Å²) in [6, 6.07) is 1.97. The minimum atomic E-state index is -0.00769. The van der Waals surface area contributed by atoms with Gasteiger partial charge in [0, 0.05) is 15.7 Å². The van der Waals surface area contributed by atoms with E-state index >= 15 is 0 Å². The van der Waals surface area contributed by atoms with Crippen molar-refractivity contribution in [3.8, 4) is 11.3 Å². The summed E-state index contributed by atoms with van der Waals surface area (Å²) in [6.45, 7) is 1.93. The minimum absolute atomic E-state index is 0.00769. The standard InChI is InChI=1S/C8H7ClN2OS/c1-5(9)8-6(2-3-13-8)7-4-12-11-10-7/h2-5H,1H3. The van der Waals surface area contributed by atoms with Crippen LogP contribution in [0, 0.1) is 0 Å². The lowest BCUT2D eigenvalue weighted by Crippen LogP contribution is -1.83. The molecule has 5 heteroatoms. The van der Waals surface area contributed by atoms with Crippen molar-refractivity contribution in [2.45, 2.75) is 12.3 Å². The van der Waals surface area contributed by atoms with Crippen molar-refractivity contribution in [1.29, 1.82) is 0 Å². The van der Waals surface area contributed by atoms with Crippen LogP contribution in [0.25, 0.3) is 11.3 Å². The maximum Gasteiger partial charge on any atom is 0.152 e. The Morgan fingerprint density at radius 3 is 3.08 bits per heavy atom. The fourth-order valence-corrected chi connectivity index (χ4v) is 2.23. The van der Waals surface area contributed by atoms with E-state index in [-0.39, 0.29) is 5.38 Å². The van der Waals surface area contributed by atoms with Gasteiger partial charge >= 0.3 is 0 Å². The van der Waals surface area contributed by atoms with Crippen LogP contribution in [-0.2, 0) is 0 Å². The van der Waals surface area contributed by atoms with Crippen LogP contribution < -0.4 is 0 Å². The molecule has 0 amide bonds. The highest BCUT2D eigenvalue weighted by molar-refractivity contribution is 7.10. The van der Waals surface area contributed by atoms with E-state index in [1.54, 1.807) is 11.3 Å². The second kappa shape index (κ2) is 3.47. The van der Waals surface area contributed by atoms with Crippen molar-refractivity contribution in [2.24, 2.45) is 0 Å². The van der Waals surface area contributed by atoms with Gasteiger partial charge in [-0.05, 0) is 18.4 Å². The van der Waals surface area contributed by atoms with Crippen molar-refractivity contribution < 1.29 is 4.52 Å². The average molecular weight is 215 g/mol. The lowest BCUT2D eigenvalue weighted by Gasteiger charge is -2.00. The third kappa shape index (κ3) is 1.59. The Hall–Kier alpha value is -0.870. The molecule has 0 saturated carbocycles. The molecule has 0 fully saturated rings. The summed E-state index contributed by atoms with van der Waals surface area (Å²) >= 11 is 7.61. The summed E-state index contributed by atoms with van der Waals surface area (Å²) < 4.78 is 4.67. The molecule has 0 aliphatic rings. The smallest absolute Gasteiger partial charge is 0.152 e. The number of rotatable bonds is 2. The molecule has 3 nitrogen and oxygen atoms in total. The molecular weight excluding hydrogens is 208 g/mol. The van der Waals surface area contributed by atoms with Crippen LogP contribution in [0.3, 0.4) is 0 Å². The Morgan fingerprint density at radius 1 is 1.62 bits per heavy atom. The zero-order valence-corrected chi connectivity index (χ0v) is 8.47. The molecule has 0 N–H and O–H groups in total. The molecule has 0 radical (unpaired) electrons. The highest BCUT2D eigenvalue weighted by atomic mass is 35.5. The largest absolute Gasteiger partial charge is 0.345 e. The van der Waals surface area contributed by atoms with Gasteiger partial charge in [-0.25, -0.2) is 0 Å². The van der Waals surface area contributed by atoms with Crippen molar-refractivity contribution in [2.75, 3.05) is 0 Å². The van der Waals surface area contributed by atoms with Gasteiger partial charge < -0.3 is 4.52 Å². The van der Waals surface area contributed by atoms with Gasteiger partial charge in [0.05, 0.1) is 5.38 Å². The van der Waals surface area contributed by atoms with E-state index in [2.05, 4.69) is 14.9 Å². The van der Waals surface area contributed by atoms with E-state index in [1.807, 2.05) is 18.4 Å². The molecule has 0 spiro atoms. The first kappa shape index (κ1) is 8.72. The SMILES string of the molecule is CC(Cl)c1sccc1-c1conn1. The molecular formula is C8H7ClN2OS. The quantitative estimate of drug-likeness (QED) is 0.722. The molecule has 2 aromatic heterocycles. The van der Waals surface area contributed by atoms with Gasteiger partial charge in [-0.15, -0.1) is 28.0 Å². The second-order valence-corrected chi connectivity index (χ2v) is 4.21. The third-order valence-corrected chi connectivity index (χ3v) is 3.14. The summed E-state index contributed by atoms with van der Waals surface area (Å²) in [5.41, 5.74) is 1.75. The first-order chi connectivity index (χ1) is 6.29. The Balaban J connectivity index is 2.46. The number of thiophene rings is 1. The second-order valence-electron chi connectivity index (χ2n) is 2.60.